The number of hydrogen-bond donors (Lipinski definition) is 1. The number of amides is 1. The molecule has 0 unspecified atom stereocenters. The molecule has 0 aromatic carbocycles. The number of aryl methyl sites for hydroxylation is 1. The quantitative estimate of drug-likeness (QED) is 0.603. The summed E-state index contributed by atoms with van der Waals surface area (Å²) in [4.78, 5) is 39.4. The van der Waals surface area contributed by atoms with Gasteiger partial charge >= 0.3 is 11.9 Å². The second-order valence-corrected chi connectivity index (χ2v) is 7.82. The first-order valence-electron chi connectivity index (χ1n) is 9.62. The Bertz CT molecular complexity index is 934. The lowest BCUT2D eigenvalue weighted by atomic mass is 10.1. The molecule has 10 heteroatoms. The van der Waals surface area contributed by atoms with Gasteiger partial charge in [0.2, 0.25) is 5.91 Å². The molecule has 30 heavy (non-hydrogen) atoms. The van der Waals surface area contributed by atoms with E-state index in [-0.39, 0.29) is 41.1 Å². The SMILES string of the molecule is CCOC(=O)c1sc(NC(=O)CN(C)Cc2cnn(C)c2C)c(C(=O)OCC)c1C. The molecule has 0 aliphatic carbocycles. The van der Waals surface area contributed by atoms with Gasteiger partial charge in [-0.15, -0.1) is 11.3 Å². The molecule has 0 aliphatic heterocycles. The van der Waals surface area contributed by atoms with Gasteiger partial charge in [-0.1, -0.05) is 0 Å². The minimum absolute atomic E-state index is 0.0995. The molecule has 0 spiro atoms. The Morgan fingerprint density at radius 2 is 1.80 bits per heavy atom. The molecule has 0 saturated carbocycles. The number of hydrogen-bond acceptors (Lipinski definition) is 8. The van der Waals surface area contributed by atoms with Crippen molar-refractivity contribution in [1.82, 2.24) is 14.7 Å². The average molecular weight is 437 g/mol. The lowest BCUT2D eigenvalue weighted by Crippen LogP contribution is -2.30. The van der Waals surface area contributed by atoms with Crippen LogP contribution in [-0.4, -0.2) is 59.3 Å². The molecule has 2 heterocycles. The fraction of sp³-hybridized carbons (Fsp3) is 0.500. The highest BCUT2D eigenvalue weighted by Crippen LogP contribution is 2.34. The molecule has 0 bridgehead atoms. The number of carbonyl (C=O) groups is 3. The maximum absolute atomic E-state index is 12.6. The molecular formula is C20H28N4O5S. The van der Waals surface area contributed by atoms with Gasteiger partial charge in [0, 0.05) is 24.8 Å². The molecule has 0 saturated heterocycles. The van der Waals surface area contributed by atoms with Crippen LogP contribution >= 0.6 is 11.3 Å². The van der Waals surface area contributed by atoms with Crippen LogP contribution in [0.1, 0.15) is 50.7 Å². The second kappa shape index (κ2) is 10.4. The molecule has 164 valence electrons. The van der Waals surface area contributed by atoms with Crippen molar-refractivity contribution >= 4 is 34.2 Å². The number of nitrogens with zero attached hydrogens (tertiary/aromatic N) is 3. The molecule has 2 aromatic heterocycles. The zero-order valence-electron chi connectivity index (χ0n) is 18.2. The first kappa shape index (κ1) is 23.6. The summed E-state index contributed by atoms with van der Waals surface area (Å²) in [5, 5.41) is 7.24. The average Bonchev–Trinajstić information content (AvgIpc) is 3.15. The number of aromatic nitrogens is 2. The maximum Gasteiger partial charge on any atom is 0.348 e. The Balaban J connectivity index is 2.17. The van der Waals surface area contributed by atoms with Crippen molar-refractivity contribution in [2.45, 2.75) is 34.2 Å². The Morgan fingerprint density at radius 1 is 1.17 bits per heavy atom. The van der Waals surface area contributed by atoms with Gasteiger partial charge < -0.3 is 14.8 Å². The standard InChI is InChI=1S/C20H28N4O5S/c1-7-28-19(26)16-12(3)17(20(27)29-8-2)30-18(16)22-15(25)11-23(5)10-14-9-21-24(6)13(14)4/h9H,7-8,10-11H2,1-6H3,(H,22,25). The van der Waals surface area contributed by atoms with E-state index < -0.39 is 11.9 Å². The van der Waals surface area contributed by atoms with Crippen molar-refractivity contribution in [3.63, 3.8) is 0 Å². The first-order chi connectivity index (χ1) is 14.2. The summed E-state index contributed by atoms with van der Waals surface area (Å²) < 4.78 is 11.9. The Kier molecular flexibility index (Phi) is 8.13. The monoisotopic (exact) mass is 436 g/mol. The Labute approximate surface area is 180 Å². The lowest BCUT2D eigenvalue weighted by Gasteiger charge is -2.16. The van der Waals surface area contributed by atoms with Crippen LogP contribution in [0.3, 0.4) is 0 Å². The molecule has 2 rings (SSSR count). The van der Waals surface area contributed by atoms with Crippen LogP contribution in [-0.2, 0) is 27.9 Å². The largest absolute Gasteiger partial charge is 0.462 e. The molecule has 1 amide bonds. The third-order valence-corrected chi connectivity index (χ3v) is 5.72. The van der Waals surface area contributed by atoms with Gasteiger partial charge in [-0.05, 0) is 40.3 Å². The predicted octanol–water partition coefficient (Wildman–Crippen LogP) is 2.52. The minimum Gasteiger partial charge on any atom is -0.462 e. The highest BCUT2D eigenvalue weighted by Gasteiger charge is 2.27. The van der Waals surface area contributed by atoms with E-state index in [2.05, 4.69) is 10.4 Å². The van der Waals surface area contributed by atoms with Crippen molar-refractivity contribution in [2.75, 3.05) is 32.1 Å². The molecule has 0 atom stereocenters. The van der Waals surface area contributed by atoms with Gasteiger partial charge in [0.1, 0.15) is 9.88 Å². The number of ether oxygens (including phenoxy) is 2. The van der Waals surface area contributed by atoms with Crippen molar-refractivity contribution in [1.29, 1.82) is 0 Å². The smallest absolute Gasteiger partial charge is 0.348 e. The van der Waals surface area contributed by atoms with Gasteiger partial charge in [0.15, 0.2) is 0 Å². The van der Waals surface area contributed by atoms with Crippen molar-refractivity contribution < 1.29 is 23.9 Å². The van der Waals surface area contributed by atoms with Gasteiger partial charge in [0.25, 0.3) is 0 Å². The zero-order valence-corrected chi connectivity index (χ0v) is 19.0. The van der Waals surface area contributed by atoms with E-state index in [0.717, 1.165) is 22.6 Å². The molecular weight excluding hydrogens is 408 g/mol. The van der Waals surface area contributed by atoms with Crippen molar-refractivity contribution in [3.05, 3.63) is 33.5 Å². The number of likely N-dealkylation sites (N-methyl/N-ethyl adjacent to an activating group) is 1. The topological polar surface area (TPSA) is 103 Å². The van der Waals surface area contributed by atoms with E-state index >= 15 is 0 Å². The van der Waals surface area contributed by atoms with Crippen molar-refractivity contribution in [2.24, 2.45) is 7.05 Å². The fourth-order valence-corrected chi connectivity index (χ4v) is 4.00. The summed E-state index contributed by atoms with van der Waals surface area (Å²) in [6.45, 7) is 8.05. The third-order valence-electron chi connectivity index (χ3n) is 4.53. The number of rotatable bonds is 9. The highest BCUT2D eigenvalue weighted by atomic mass is 32.1. The first-order valence-corrected chi connectivity index (χ1v) is 10.4. The molecule has 0 radical (unpaired) electrons. The zero-order chi connectivity index (χ0) is 22.4. The lowest BCUT2D eigenvalue weighted by molar-refractivity contribution is -0.117. The number of thiophene rings is 1. The molecule has 1 N–H and O–H groups in total. The fourth-order valence-electron chi connectivity index (χ4n) is 2.90. The van der Waals surface area contributed by atoms with Crippen LogP contribution in [0.15, 0.2) is 6.20 Å². The summed E-state index contributed by atoms with van der Waals surface area (Å²) in [5.41, 5.74) is 2.67. The molecule has 0 fully saturated rings. The van der Waals surface area contributed by atoms with Crippen LogP contribution in [0.2, 0.25) is 0 Å². The number of anilines is 1. The van der Waals surface area contributed by atoms with Gasteiger partial charge in [-0.25, -0.2) is 9.59 Å². The van der Waals surface area contributed by atoms with E-state index in [1.54, 1.807) is 31.6 Å². The molecule has 9 nitrogen and oxygen atoms in total. The van der Waals surface area contributed by atoms with Gasteiger partial charge in [-0.3, -0.25) is 14.4 Å². The van der Waals surface area contributed by atoms with E-state index in [4.69, 9.17) is 9.47 Å². The van der Waals surface area contributed by atoms with Crippen LogP contribution in [0.5, 0.6) is 0 Å². The minimum atomic E-state index is -0.587. The van der Waals surface area contributed by atoms with E-state index in [0.29, 0.717) is 12.1 Å². The van der Waals surface area contributed by atoms with Crippen molar-refractivity contribution in [3.8, 4) is 0 Å². The number of esters is 2. The summed E-state index contributed by atoms with van der Waals surface area (Å²) in [6.07, 6.45) is 1.77. The maximum atomic E-state index is 12.6. The van der Waals surface area contributed by atoms with Crippen LogP contribution < -0.4 is 5.32 Å². The number of carbonyl (C=O) groups excluding carboxylic acids is 3. The van der Waals surface area contributed by atoms with Gasteiger partial charge in [-0.2, -0.15) is 5.10 Å². The van der Waals surface area contributed by atoms with Crippen LogP contribution in [0.4, 0.5) is 5.00 Å². The summed E-state index contributed by atoms with van der Waals surface area (Å²) in [7, 11) is 3.69. The molecule has 2 aromatic rings. The summed E-state index contributed by atoms with van der Waals surface area (Å²) in [5.74, 6) is -1.42. The predicted molar refractivity (Wildman–Crippen MR) is 114 cm³/mol. The van der Waals surface area contributed by atoms with Crippen LogP contribution in [0.25, 0.3) is 0 Å². The number of nitrogens with one attached hydrogen (secondary N) is 1. The Morgan fingerprint density at radius 3 is 2.37 bits per heavy atom. The Hall–Kier alpha value is -2.72. The second-order valence-electron chi connectivity index (χ2n) is 6.80. The van der Waals surface area contributed by atoms with E-state index in [1.807, 2.05) is 25.9 Å². The highest BCUT2D eigenvalue weighted by molar-refractivity contribution is 7.18. The molecule has 0 aliphatic rings. The van der Waals surface area contributed by atoms with Crippen LogP contribution in [0, 0.1) is 13.8 Å². The van der Waals surface area contributed by atoms with E-state index in [1.165, 1.54) is 0 Å². The van der Waals surface area contributed by atoms with Gasteiger partial charge in [0.05, 0.1) is 31.5 Å². The van der Waals surface area contributed by atoms with E-state index in [9.17, 15) is 14.4 Å². The normalized spacial score (nSPS) is 10.9. The summed E-state index contributed by atoms with van der Waals surface area (Å²) >= 11 is 1.01. The third kappa shape index (κ3) is 5.45. The summed E-state index contributed by atoms with van der Waals surface area (Å²) in [6, 6.07) is 0.